The van der Waals surface area contributed by atoms with Crippen LogP contribution in [0.5, 0.6) is 0 Å². The minimum atomic E-state index is -0.0137. The zero-order chi connectivity index (χ0) is 11.6. The number of aromatic nitrogens is 2. The average molecular weight is 230 g/mol. The van der Waals surface area contributed by atoms with Crippen molar-refractivity contribution in [1.29, 1.82) is 0 Å². The maximum Gasteiger partial charge on any atom is 0.137 e. The summed E-state index contributed by atoms with van der Waals surface area (Å²) < 4.78 is 10.7. The quantitative estimate of drug-likeness (QED) is 0.697. The molecular weight excluding hydrogens is 216 g/mol. The Morgan fingerprint density at radius 1 is 0.882 bits per heavy atom. The van der Waals surface area contributed by atoms with Gasteiger partial charge in [-0.3, -0.25) is 0 Å². The van der Waals surface area contributed by atoms with E-state index in [-0.39, 0.29) is 5.41 Å². The minimum Gasteiger partial charge on any atom is -0.361 e. The molecule has 17 heavy (non-hydrogen) atoms. The molecule has 0 unspecified atom stereocenters. The summed E-state index contributed by atoms with van der Waals surface area (Å²) in [5, 5.41) is 8.57. The van der Waals surface area contributed by atoms with Crippen LogP contribution in [0.15, 0.2) is 9.05 Å². The van der Waals surface area contributed by atoms with Crippen molar-refractivity contribution in [3.8, 4) is 0 Å². The molecule has 0 aromatic carbocycles. The number of rotatable bonds is 0. The van der Waals surface area contributed by atoms with Crippen LogP contribution in [-0.4, -0.2) is 10.3 Å². The van der Waals surface area contributed by atoms with Crippen molar-refractivity contribution in [3.05, 3.63) is 34.0 Å². The number of fused-ring (bicyclic) bond motifs is 4. The van der Waals surface area contributed by atoms with Gasteiger partial charge in [0.25, 0.3) is 0 Å². The summed E-state index contributed by atoms with van der Waals surface area (Å²) >= 11 is 0. The highest BCUT2D eigenvalue weighted by Crippen LogP contribution is 2.52. The number of aryl methyl sites for hydroxylation is 2. The average Bonchev–Trinajstić information content (AvgIpc) is 3.00. The van der Waals surface area contributed by atoms with E-state index >= 15 is 0 Å². The van der Waals surface area contributed by atoms with Crippen molar-refractivity contribution in [2.45, 2.75) is 44.9 Å². The molecular formula is C13H14N2O2. The lowest BCUT2D eigenvalue weighted by atomic mass is 9.83. The Hall–Kier alpha value is -1.58. The van der Waals surface area contributed by atoms with Crippen molar-refractivity contribution >= 4 is 0 Å². The first-order valence-electron chi connectivity index (χ1n) is 6.13. The van der Waals surface area contributed by atoms with Gasteiger partial charge in [-0.15, -0.1) is 0 Å². The van der Waals surface area contributed by atoms with Crippen LogP contribution in [0.3, 0.4) is 0 Å². The van der Waals surface area contributed by atoms with Gasteiger partial charge in [0, 0.05) is 11.1 Å². The van der Waals surface area contributed by atoms with Gasteiger partial charge in [-0.2, -0.15) is 0 Å². The fourth-order valence-electron chi connectivity index (χ4n) is 3.51. The molecule has 1 spiro atoms. The first-order chi connectivity index (χ1) is 8.22. The van der Waals surface area contributed by atoms with Gasteiger partial charge in [0.2, 0.25) is 0 Å². The Morgan fingerprint density at radius 2 is 1.35 bits per heavy atom. The van der Waals surface area contributed by atoms with Gasteiger partial charge < -0.3 is 9.05 Å². The van der Waals surface area contributed by atoms with Crippen LogP contribution >= 0.6 is 0 Å². The first kappa shape index (κ1) is 9.45. The predicted octanol–water partition coefficient (Wildman–Crippen LogP) is 2.46. The molecule has 0 amide bonds. The van der Waals surface area contributed by atoms with Gasteiger partial charge >= 0.3 is 0 Å². The van der Waals surface area contributed by atoms with Crippen LogP contribution in [0, 0.1) is 13.8 Å². The third-order valence-electron chi connectivity index (χ3n) is 4.48. The summed E-state index contributed by atoms with van der Waals surface area (Å²) in [6, 6.07) is 0. The van der Waals surface area contributed by atoms with Crippen LogP contribution in [0.2, 0.25) is 0 Å². The third kappa shape index (κ3) is 0.949. The van der Waals surface area contributed by atoms with Gasteiger partial charge in [-0.25, -0.2) is 0 Å². The second kappa shape index (κ2) is 2.81. The lowest BCUT2D eigenvalue weighted by Gasteiger charge is -2.19. The molecule has 0 atom stereocenters. The minimum absolute atomic E-state index is 0.0137. The highest BCUT2D eigenvalue weighted by atomic mass is 16.5. The van der Waals surface area contributed by atoms with Crippen LogP contribution in [0.25, 0.3) is 0 Å². The molecule has 0 saturated carbocycles. The normalized spacial score (nSPS) is 19.9. The Labute approximate surface area is 99.0 Å². The molecule has 0 saturated heterocycles. The summed E-state index contributed by atoms with van der Waals surface area (Å²) in [6.45, 7) is 3.99. The monoisotopic (exact) mass is 230 g/mol. The van der Waals surface area contributed by atoms with Gasteiger partial charge in [-0.1, -0.05) is 10.3 Å². The van der Waals surface area contributed by atoms with E-state index < -0.39 is 0 Å². The summed E-state index contributed by atoms with van der Waals surface area (Å²) in [5.74, 6) is 1.93. The lowest BCUT2D eigenvalue weighted by Crippen LogP contribution is -2.22. The molecule has 0 aliphatic heterocycles. The molecule has 2 aliphatic rings. The van der Waals surface area contributed by atoms with Gasteiger partial charge in [0.1, 0.15) is 11.5 Å². The molecule has 2 aromatic rings. The molecule has 2 aromatic heterocycles. The van der Waals surface area contributed by atoms with Crippen molar-refractivity contribution in [2.75, 3.05) is 0 Å². The molecule has 0 radical (unpaired) electrons. The predicted molar refractivity (Wildman–Crippen MR) is 59.9 cm³/mol. The number of nitrogens with zero attached hydrogens (tertiary/aromatic N) is 2. The zero-order valence-corrected chi connectivity index (χ0v) is 10.0. The van der Waals surface area contributed by atoms with Crippen LogP contribution in [0.1, 0.15) is 46.9 Å². The summed E-state index contributed by atoms with van der Waals surface area (Å²) in [7, 11) is 0. The van der Waals surface area contributed by atoms with E-state index in [1.807, 2.05) is 13.8 Å². The van der Waals surface area contributed by atoms with E-state index in [2.05, 4.69) is 10.3 Å². The molecule has 0 bridgehead atoms. The van der Waals surface area contributed by atoms with E-state index in [4.69, 9.17) is 9.05 Å². The lowest BCUT2D eigenvalue weighted by molar-refractivity contribution is 0.335. The SMILES string of the molecule is Cc1onc2c1CCC21CCc2c1noc2C. The summed E-state index contributed by atoms with van der Waals surface area (Å²) in [4.78, 5) is 0. The molecule has 88 valence electrons. The second-order valence-corrected chi connectivity index (χ2v) is 5.21. The van der Waals surface area contributed by atoms with Gasteiger partial charge in [-0.05, 0) is 39.5 Å². The molecule has 4 rings (SSSR count). The van der Waals surface area contributed by atoms with E-state index in [0.29, 0.717) is 0 Å². The molecule has 2 heterocycles. The van der Waals surface area contributed by atoms with Gasteiger partial charge in [0.15, 0.2) is 0 Å². The van der Waals surface area contributed by atoms with Crippen molar-refractivity contribution < 1.29 is 9.05 Å². The maximum atomic E-state index is 5.34. The standard InChI is InChI=1S/C13H14N2O2/c1-7-9-3-5-13(11(9)14-16-7)6-4-10-8(2)17-15-12(10)13/h3-6H2,1-2H3. The maximum absolute atomic E-state index is 5.34. The molecule has 4 heteroatoms. The summed E-state index contributed by atoms with van der Waals surface area (Å²) in [5.41, 5.74) is 4.79. The second-order valence-electron chi connectivity index (χ2n) is 5.21. The van der Waals surface area contributed by atoms with Crippen molar-refractivity contribution in [1.82, 2.24) is 10.3 Å². The van der Waals surface area contributed by atoms with Gasteiger partial charge in [0.05, 0.1) is 16.8 Å². The van der Waals surface area contributed by atoms with Crippen LogP contribution in [-0.2, 0) is 18.3 Å². The Bertz CT molecular complexity index is 555. The fraction of sp³-hybridized carbons (Fsp3) is 0.538. The molecule has 0 N–H and O–H groups in total. The fourth-order valence-corrected chi connectivity index (χ4v) is 3.51. The van der Waals surface area contributed by atoms with Crippen molar-refractivity contribution in [2.24, 2.45) is 0 Å². The number of hydrogen-bond acceptors (Lipinski definition) is 4. The van der Waals surface area contributed by atoms with Crippen LogP contribution in [0.4, 0.5) is 0 Å². The highest BCUT2D eigenvalue weighted by molar-refractivity contribution is 5.48. The smallest absolute Gasteiger partial charge is 0.137 e. The topological polar surface area (TPSA) is 52.1 Å². The Morgan fingerprint density at radius 3 is 1.82 bits per heavy atom. The first-order valence-corrected chi connectivity index (χ1v) is 6.13. The van der Waals surface area contributed by atoms with Crippen molar-refractivity contribution in [3.63, 3.8) is 0 Å². The van der Waals surface area contributed by atoms with E-state index in [1.54, 1.807) is 0 Å². The highest BCUT2D eigenvalue weighted by Gasteiger charge is 2.51. The van der Waals surface area contributed by atoms with E-state index in [1.165, 1.54) is 11.1 Å². The van der Waals surface area contributed by atoms with E-state index in [0.717, 1.165) is 48.6 Å². The Kier molecular flexibility index (Phi) is 1.56. The summed E-state index contributed by atoms with van der Waals surface area (Å²) in [6.07, 6.45) is 4.30. The molecule has 2 aliphatic carbocycles. The van der Waals surface area contributed by atoms with Crippen LogP contribution < -0.4 is 0 Å². The molecule has 0 fully saturated rings. The Balaban J connectivity index is 1.96. The van der Waals surface area contributed by atoms with E-state index in [9.17, 15) is 0 Å². The third-order valence-corrected chi connectivity index (χ3v) is 4.48. The number of hydrogen-bond donors (Lipinski definition) is 0. The zero-order valence-electron chi connectivity index (χ0n) is 10.0. The molecule has 4 nitrogen and oxygen atoms in total. The largest absolute Gasteiger partial charge is 0.361 e.